The van der Waals surface area contributed by atoms with Gasteiger partial charge >= 0.3 is 0 Å². The Kier molecular flexibility index (Phi) is 4.77. The highest BCUT2D eigenvalue weighted by atomic mass is 32.2. The molecule has 106 valence electrons. The van der Waals surface area contributed by atoms with E-state index in [-0.39, 0.29) is 4.99 Å². The molecule has 1 aromatic heterocycles. The van der Waals surface area contributed by atoms with Gasteiger partial charge in [-0.3, -0.25) is 0 Å². The van der Waals surface area contributed by atoms with Gasteiger partial charge in [0.15, 0.2) is 0 Å². The number of sulfonamides is 1. The Morgan fingerprint density at radius 1 is 1.53 bits per heavy atom. The first-order valence-corrected chi connectivity index (χ1v) is 7.75. The van der Waals surface area contributed by atoms with Crippen molar-refractivity contribution in [1.29, 1.82) is 0 Å². The molecule has 0 bridgehead atoms. The number of hydrogen-bond acceptors (Lipinski definition) is 6. The third-order valence-electron chi connectivity index (χ3n) is 2.06. The van der Waals surface area contributed by atoms with E-state index in [1.807, 2.05) is 0 Å². The minimum Gasteiger partial charge on any atom is -0.388 e. The molecule has 0 unspecified atom stereocenters. The number of nitrogens with zero attached hydrogens (tertiary/aromatic N) is 2. The summed E-state index contributed by atoms with van der Waals surface area (Å²) >= 11 is 4.82. The molecule has 0 saturated carbocycles. The second-order valence-corrected chi connectivity index (χ2v) is 6.93. The van der Waals surface area contributed by atoms with Crippen molar-refractivity contribution in [3.8, 4) is 0 Å². The molecule has 0 aliphatic rings. The van der Waals surface area contributed by atoms with Crippen molar-refractivity contribution in [3.05, 3.63) is 18.0 Å². The fourth-order valence-electron chi connectivity index (χ4n) is 1.42. The minimum absolute atomic E-state index is 0.180. The second kappa shape index (κ2) is 5.76. The number of hydrogen-bond donors (Lipinski definition) is 3. The van der Waals surface area contributed by atoms with Gasteiger partial charge in [0.2, 0.25) is 16.0 Å². The largest absolute Gasteiger partial charge is 0.388 e. The van der Waals surface area contributed by atoms with Crippen LogP contribution in [0.4, 0.5) is 5.95 Å². The normalized spacial score (nSPS) is 12.2. The number of aromatic nitrogens is 2. The van der Waals surface area contributed by atoms with Crippen molar-refractivity contribution >= 4 is 33.2 Å². The van der Waals surface area contributed by atoms with E-state index in [0.29, 0.717) is 18.2 Å². The molecule has 1 rings (SSSR count). The van der Waals surface area contributed by atoms with Crippen LogP contribution < -0.4 is 15.8 Å². The third kappa shape index (κ3) is 5.90. The smallest absolute Gasteiger partial charge is 0.223 e. The Balaban J connectivity index is 2.71. The van der Waals surface area contributed by atoms with E-state index < -0.39 is 15.6 Å². The number of nitrogens with two attached hydrogens (primary N) is 1. The van der Waals surface area contributed by atoms with Crippen LogP contribution in [0.1, 0.15) is 19.5 Å². The molecule has 0 spiro atoms. The topological polar surface area (TPSA) is 110 Å². The molecule has 0 saturated heterocycles. The molecule has 9 heteroatoms. The molecule has 0 fully saturated rings. The first-order chi connectivity index (χ1) is 8.59. The lowest BCUT2D eigenvalue weighted by Crippen LogP contribution is -2.48. The average molecular weight is 303 g/mol. The predicted octanol–water partition coefficient (Wildman–Crippen LogP) is -0.149. The highest BCUT2D eigenvalue weighted by Gasteiger charge is 2.22. The highest BCUT2D eigenvalue weighted by Crippen LogP contribution is 2.06. The summed E-state index contributed by atoms with van der Waals surface area (Å²) < 4.78 is 24.9. The zero-order valence-corrected chi connectivity index (χ0v) is 12.6. The lowest BCUT2D eigenvalue weighted by Gasteiger charge is -2.25. The van der Waals surface area contributed by atoms with Crippen molar-refractivity contribution in [3.63, 3.8) is 0 Å². The molecule has 0 radical (unpaired) electrons. The van der Waals surface area contributed by atoms with Crippen LogP contribution in [0.3, 0.4) is 0 Å². The van der Waals surface area contributed by atoms with Crippen molar-refractivity contribution in [2.45, 2.75) is 19.4 Å². The summed E-state index contributed by atoms with van der Waals surface area (Å²) in [5, 5.41) is 2.94. The Morgan fingerprint density at radius 2 is 2.16 bits per heavy atom. The lowest BCUT2D eigenvalue weighted by atomic mass is 10.1. The van der Waals surface area contributed by atoms with Gasteiger partial charge in [0, 0.05) is 18.3 Å². The maximum Gasteiger partial charge on any atom is 0.223 e. The van der Waals surface area contributed by atoms with Gasteiger partial charge in [-0.2, -0.15) is 0 Å². The Hall–Kier alpha value is -1.32. The summed E-state index contributed by atoms with van der Waals surface area (Å²) in [4.78, 5) is 8.29. The van der Waals surface area contributed by atoms with Gasteiger partial charge in [-0.1, -0.05) is 12.2 Å². The number of rotatable bonds is 6. The van der Waals surface area contributed by atoms with E-state index in [9.17, 15) is 8.42 Å². The summed E-state index contributed by atoms with van der Waals surface area (Å²) in [6.07, 6.45) is 2.64. The van der Waals surface area contributed by atoms with Gasteiger partial charge in [-0.25, -0.2) is 23.1 Å². The summed E-state index contributed by atoms with van der Waals surface area (Å²) in [5.74, 6) is 0.341. The van der Waals surface area contributed by atoms with E-state index in [2.05, 4.69) is 20.0 Å². The molecule has 0 aliphatic carbocycles. The first kappa shape index (κ1) is 15.7. The molecule has 1 heterocycles. The third-order valence-corrected chi connectivity index (χ3v) is 3.19. The zero-order valence-electron chi connectivity index (χ0n) is 11.0. The summed E-state index contributed by atoms with van der Waals surface area (Å²) in [7, 11) is -3.28. The minimum atomic E-state index is -3.28. The first-order valence-electron chi connectivity index (χ1n) is 5.45. The fourth-order valence-corrected chi connectivity index (χ4v) is 2.61. The van der Waals surface area contributed by atoms with E-state index >= 15 is 0 Å². The van der Waals surface area contributed by atoms with E-state index in [0.717, 1.165) is 6.26 Å². The predicted molar refractivity (Wildman–Crippen MR) is 78.5 cm³/mol. The lowest BCUT2D eigenvalue weighted by molar-refractivity contribution is 0.475. The monoisotopic (exact) mass is 303 g/mol. The van der Waals surface area contributed by atoms with Crippen LogP contribution in [0.5, 0.6) is 0 Å². The number of nitrogens with one attached hydrogen (secondary N) is 2. The van der Waals surface area contributed by atoms with Crippen molar-refractivity contribution in [2.75, 3.05) is 18.1 Å². The van der Waals surface area contributed by atoms with Gasteiger partial charge in [0.05, 0.1) is 6.26 Å². The zero-order chi connectivity index (χ0) is 14.7. The van der Waals surface area contributed by atoms with Crippen molar-refractivity contribution in [1.82, 2.24) is 14.7 Å². The molecular weight excluding hydrogens is 286 g/mol. The van der Waals surface area contributed by atoms with Gasteiger partial charge < -0.3 is 11.1 Å². The molecule has 1 aromatic rings. The van der Waals surface area contributed by atoms with Crippen LogP contribution in [0.2, 0.25) is 0 Å². The Labute approximate surface area is 118 Å². The Morgan fingerprint density at radius 3 is 2.68 bits per heavy atom. The second-order valence-electron chi connectivity index (χ2n) is 4.74. The number of anilines is 1. The summed E-state index contributed by atoms with van der Waals surface area (Å²) in [6.45, 7) is 3.82. The molecule has 0 amide bonds. The van der Waals surface area contributed by atoms with Gasteiger partial charge in [-0.05, 0) is 19.9 Å². The molecule has 0 aliphatic heterocycles. The fraction of sp³-hybridized carbons (Fsp3) is 0.500. The van der Waals surface area contributed by atoms with Gasteiger partial charge in [0.25, 0.3) is 0 Å². The standard InChI is InChI=1S/C10H17N5O2S2/c1-10(2,15-19(3,16)17)6-13-9-12-5-4-7(14-9)8(11)18/h4-5,15H,6H2,1-3H3,(H2,11,18)(H,12,13,14). The van der Waals surface area contributed by atoms with Crippen LogP contribution in [0.25, 0.3) is 0 Å². The molecule has 7 nitrogen and oxygen atoms in total. The number of thiocarbonyl (C=S) groups is 1. The Bertz CT molecular complexity index is 571. The average Bonchev–Trinajstić information content (AvgIpc) is 2.24. The van der Waals surface area contributed by atoms with Gasteiger partial charge in [-0.15, -0.1) is 0 Å². The van der Waals surface area contributed by atoms with Crippen LogP contribution in [0.15, 0.2) is 12.3 Å². The van der Waals surface area contributed by atoms with E-state index in [1.54, 1.807) is 19.9 Å². The molecule has 0 aromatic carbocycles. The van der Waals surface area contributed by atoms with Crippen molar-refractivity contribution < 1.29 is 8.42 Å². The van der Waals surface area contributed by atoms with Crippen molar-refractivity contribution in [2.24, 2.45) is 5.73 Å². The SMILES string of the molecule is CC(C)(CNc1nccc(C(N)=S)n1)NS(C)(=O)=O. The molecular formula is C10H17N5O2S2. The molecule has 4 N–H and O–H groups in total. The summed E-state index contributed by atoms with van der Waals surface area (Å²) in [6, 6.07) is 1.60. The maximum atomic E-state index is 11.2. The molecule has 0 atom stereocenters. The van der Waals surface area contributed by atoms with Crippen LogP contribution in [-0.4, -0.2) is 41.7 Å². The van der Waals surface area contributed by atoms with Crippen LogP contribution in [-0.2, 0) is 10.0 Å². The summed E-state index contributed by atoms with van der Waals surface area (Å²) in [5.41, 5.74) is 5.26. The van der Waals surface area contributed by atoms with Crippen LogP contribution >= 0.6 is 12.2 Å². The van der Waals surface area contributed by atoms with E-state index in [1.165, 1.54) is 6.20 Å². The van der Waals surface area contributed by atoms with Crippen LogP contribution in [0, 0.1) is 0 Å². The highest BCUT2D eigenvalue weighted by molar-refractivity contribution is 7.88. The van der Waals surface area contributed by atoms with E-state index in [4.69, 9.17) is 18.0 Å². The quantitative estimate of drug-likeness (QED) is 0.627. The maximum absolute atomic E-state index is 11.2. The molecule has 19 heavy (non-hydrogen) atoms. The van der Waals surface area contributed by atoms with Gasteiger partial charge in [0.1, 0.15) is 10.7 Å².